The molecule has 0 spiro atoms. The minimum atomic E-state index is -3.70. The van der Waals surface area contributed by atoms with Crippen molar-refractivity contribution >= 4 is 52.0 Å². The van der Waals surface area contributed by atoms with Gasteiger partial charge < -0.3 is 10.1 Å². The van der Waals surface area contributed by atoms with Gasteiger partial charge in [0, 0.05) is 29.7 Å². The molecule has 1 aliphatic carbocycles. The van der Waals surface area contributed by atoms with Gasteiger partial charge in [0.1, 0.15) is 16.5 Å². The first-order valence-corrected chi connectivity index (χ1v) is 13.1. The summed E-state index contributed by atoms with van der Waals surface area (Å²) in [7, 11) is -2.21. The average molecular weight is 546 g/mol. The second-order valence-corrected chi connectivity index (χ2v) is 10.5. The van der Waals surface area contributed by atoms with Crippen LogP contribution in [0.2, 0.25) is 0 Å². The highest BCUT2D eigenvalue weighted by Gasteiger charge is 2.31. The number of hydrogen-bond donors (Lipinski definition) is 2. The van der Waals surface area contributed by atoms with E-state index in [0.29, 0.717) is 12.3 Å². The normalized spacial score (nSPS) is 17.8. The summed E-state index contributed by atoms with van der Waals surface area (Å²) >= 11 is 1.56. The van der Waals surface area contributed by atoms with Crippen molar-refractivity contribution in [3.63, 3.8) is 0 Å². The lowest BCUT2D eigenvalue weighted by Gasteiger charge is -2.32. The van der Waals surface area contributed by atoms with Crippen molar-refractivity contribution < 1.29 is 13.2 Å². The van der Waals surface area contributed by atoms with Crippen LogP contribution in [-0.2, 0) is 10.0 Å². The molecular weight excluding hydrogens is 515 g/mol. The van der Waals surface area contributed by atoms with Crippen molar-refractivity contribution in [1.29, 1.82) is 0 Å². The number of aromatic nitrogens is 2. The summed E-state index contributed by atoms with van der Waals surface area (Å²) in [5.74, 6) is 1.29. The van der Waals surface area contributed by atoms with E-state index >= 15 is 0 Å². The Morgan fingerprint density at radius 3 is 2.65 bits per heavy atom. The van der Waals surface area contributed by atoms with Gasteiger partial charge in [0.05, 0.1) is 18.3 Å². The van der Waals surface area contributed by atoms with Gasteiger partial charge in [-0.25, -0.2) is 23.1 Å². The fourth-order valence-corrected chi connectivity index (χ4v) is 6.30. The van der Waals surface area contributed by atoms with Gasteiger partial charge in [-0.1, -0.05) is 18.9 Å². The molecule has 3 aromatic rings. The number of hydrogen-bond acceptors (Lipinski definition) is 7. The van der Waals surface area contributed by atoms with Gasteiger partial charge in [-0.05, 0) is 55.5 Å². The zero-order valence-corrected chi connectivity index (χ0v) is 22.3. The van der Waals surface area contributed by atoms with Crippen LogP contribution in [0.15, 0.2) is 52.3 Å². The van der Waals surface area contributed by atoms with E-state index in [9.17, 15) is 8.42 Å². The first-order valence-electron chi connectivity index (χ1n) is 10.7. The van der Waals surface area contributed by atoms with Gasteiger partial charge in [-0.2, -0.15) is 0 Å². The van der Waals surface area contributed by atoms with Crippen LogP contribution in [-0.4, -0.2) is 38.1 Å². The molecular formula is C23H30Cl2N4O3S2. The van der Waals surface area contributed by atoms with E-state index in [1.54, 1.807) is 29.7 Å². The molecule has 2 N–H and O–H groups in total. The molecule has 0 amide bonds. The fraction of sp³-hybridized carbons (Fsp3) is 0.391. The molecule has 0 bridgehead atoms. The van der Waals surface area contributed by atoms with E-state index in [-0.39, 0.29) is 41.7 Å². The Balaban J connectivity index is 0.00000204. The van der Waals surface area contributed by atoms with E-state index in [0.717, 1.165) is 48.3 Å². The molecule has 4 rings (SSSR count). The van der Waals surface area contributed by atoms with Crippen molar-refractivity contribution in [3.8, 4) is 17.0 Å². The predicted octanol–water partition coefficient (Wildman–Crippen LogP) is 5.31. The van der Waals surface area contributed by atoms with Crippen molar-refractivity contribution in [2.75, 3.05) is 19.0 Å². The molecule has 2 unspecified atom stereocenters. The van der Waals surface area contributed by atoms with E-state index < -0.39 is 10.0 Å². The summed E-state index contributed by atoms with van der Waals surface area (Å²) in [6.07, 6.45) is 5.63. The van der Waals surface area contributed by atoms with Gasteiger partial charge in [-0.15, -0.1) is 36.2 Å². The highest BCUT2D eigenvalue weighted by atomic mass is 35.5. The van der Waals surface area contributed by atoms with Crippen LogP contribution in [0.5, 0.6) is 5.75 Å². The third-order valence-corrected chi connectivity index (χ3v) is 7.96. The highest BCUT2D eigenvalue weighted by Crippen LogP contribution is 2.30. The molecule has 2 heterocycles. The second-order valence-electron chi connectivity index (χ2n) is 8.11. The van der Waals surface area contributed by atoms with Gasteiger partial charge in [0.15, 0.2) is 0 Å². The van der Waals surface area contributed by atoms with E-state index in [1.807, 2.05) is 36.0 Å². The first-order chi connectivity index (χ1) is 15.5. The second kappa shape index (κ2) is 12.7. The molecule has 1 saturated carbocycles. The molecule has 1 fully saturated rings. The van der Waals surface area contributed by atoms with Crippen LogP contribution >= 0.6 is 36.2 Å². The van der Waals surface area contributed by atoms with E-state index in [4.69, 9.17) is 4.74 Å². The number of pyridine rings is 1. The van der Waals surface area contributed by atoms with Crippen LogP contribution in [0.25, 0.3) is 11.3 Å². The number of thiazole rings is 1. The van der Waals surface area contributed by atoms with E-state index in [2.05, 4.69) is 20.0 Å². The topological polar surface area (TPSA) is 93.2 Å². The van der Waals surface area contributed by atoms with Gasteiger partial charge in [-0.3, -0.25) is 0 Å². The van der Waals surface area contributed by atoms with Crippen LogP contribution in [0, 0.1) is 12.8 Å². The molecule has 34 heavy (non-hydrogen) atoms. The number of benzene rings is 1. The monoisotopic (exact) mass is 544 g/mol. The fourth-order valence-electron chi connectivity index (χ4n) is 4.14. The molecule has 0 radical (unpaired) electrons. The maximum absolute atomic E-state index is 13.2. The van der Waals surface area contributed by atoms with E-state index in [1.165, 1.54) is 7.11 Å². The largest absolute Gasteiger partial charge is 0.495 e. The molecule has 1 aromatic carbocycles. The standard InChI is InChI=1S/C23H28N4O3S2.2ClH/c1-16-7-8-21(30-2)22(11-16)32(28,29)27-19-6-4-3-5-18(19)13-25-23-12-17(9-10-24-23)20-14-31-15-26-20;;/h7-12,14-15,18-19,27H,3-6,13H2,1-2H3,(H,24,25);2*1H. The van der Waals surface area contributed by atoms with Gasteiger partial charge in [0.2, 0.25) is 10.0 Å². The molecule has 0 aliphatic heterocycles. The lowest BCUT2D eigenvalue weighted by atomic mass is 9.85. The molecule has 0 saturated heterocycles. The first kappa shape index (κ1) is 28.3. The van der Waals surface area contributed by atoms with Gasteiger partial charge in [0.25, 0.3) is 0 Å². The Labute approximate surface area is 217 Å². The number of anilines is 1. The third-order valence-electron chi connectivity index (χ3n) is 5.86. The Morgan fingerprint density at radius 1 is 1.12 bits per heavy atom. The Bertz CT molecular complexity index is 1160. The minimum Gasteiger partial charge on any atom is -0.495 e. The number of nitrogens with zero attached hydrogens (tertiary/aromatic N) is 2. The summed E-state index contributed by atoms with van der Waals surface area (Å²) in [5.41, 5.74) is 4.62. The molecule has 2 aromatic heterocycles. The molecule has 1 aliphatic rings. The summed E-state index contributed by atoms with van der Waals surface area (Å²) in [4.78, 5) is 8.97. The Kier molecular flexibility index (Phi) is 10.6. The lowest BCUT2D eigenvalue weighted by molar-refractivity contribution is 0.301. The SMILES string of the molecule is COc1ccc(C)cc1S(=O)(=O)NC1CCCCC1CNc1cc(-c2cscn2)ccn1.Cl.Cl. The van der Waals surface area contributed by atoms with Crippen molar-refractivity contribution in [1.82, 2.24) is 14.7 Å². The molecule has 11 heteroatoms. The Morgan fingerprint density at radius 2 is 1.91 bits per heavy atom. The third kappa shape index (κ3) is 6.82. The van der Waals surface area contributed by atoms with Crippen LogP contribution in [0.1, 0.15) is 31.2 Å². The highest BCUT2D eigenvalue weighted by molar-refractivity contribution is 7.89. The number of rotatable bonds is 8. The number of halogens is 2. The van der Waals surface area contributed by atoms with Crippen molar-refractivity contribution in [3.05, 3.63) is 53.0 Å². The lowest BCUT2D eigenvalue weighted by Crippen LogP contribution is -2.44. The van der Waals surface area contributed by atoms with Crippen LogP contribution in [0.3, 0.4) is 0 Å². The van der Waals surface area contributed by atoms with Crippen LogP contribution in [0.4, 0.5) is 5.82 Å². The maximum Gasteiger partial charge on any atom is 0.244 e. The van der Waals surface area contributed by atoms with Gasteiger partial charge >= 0.3 is 0 Å². The number of ether oxygens (including phenoxy) is 1. The number of aryl methyl sites for hydroxylation is 1. The van der Waals surface area contributed by atoms with Crippen LogP contribution < -0.4 is 14.8 Å². The predicted molar refractivity (Wildman–Crippen MR) is 142 cm³/mol. The number of nitrogens with one attached hydrogen (secondary N) is 2. The number of methoxy groups -OCH3 is 1. The average Bonchev–Trinajstić information content (AvgIpc) is 3.34. The Hall–Kier alpha value is -1.91. The molecule has 186 valence electrons. The zero-order valence-electron chi connectivity index (χ0n) is 19.1. The van der Waals surface area contributed by atoms with Crippen molar-refractivity contribution in [2.24, 2.45) is 5.92 Å². The summed E-state index contributed by atoms with van der Waals surface area (Å²) in [5, 5.41) is 5.41. The number of sulfonamides is 1. The summed E-state index contributed by atoms with van der Waals surface area (Å²) in [6.45, 7) is 2.52. The quantitative estimate of drug-likeness (QED) is 0.398. The molecule has 7 nitrogen and oxygen atoms in total. The minimum absolute atomic E-state index is 0. The van der Waals surface area contributed by atoms with Crippen molar-refractivity contribution in [2.45, 2.75) is 43.5 Å². The molecule has 2 atom stereocenters. The summed E-state index contributed by atoms with van der Waals surface area (Å²) < 4.78 is 34.7. The maximum atomic E-state index is 13.2. The smallest absolute Gasteiger partial charge is 0.244 e. The zero-order chi connectivity index (χ0) is 22.6. The summed E-state index contributed by atoms with van der Waals surface area (Å²) in [6, 6.07) is 8.98.